The van der Waals surface area contributed by atoms with Crippen molar-refractivity contribution in [2.24, 2.45) is 11.8 Å². The predicted octanol–water partition coefficient (Wildman–Crippen LogP) is 2.67. The molecule has 0 aromatic rings. The molecule has 1 aliphatic rings. The first kappa shape index (κ1) is 20.4. The Morgan fingerprint density at radius 2 is 1.57 bits per heavy atom. The fourth-order valence-electron chi connectivity index (χ4n) is 2.90. The summed E-state index contributed by atoms with van der Waals surface area (Å²) in [6, 6.07) is 0. The topological polar surface area (TPSA) is 71.1 Å². The molecule has 5 atom stereocenters. The fourth-order valence-corrected chi connectivity index (χ4v) is 3.49. The molecule has 1 fully saturated rings. The molecule has 0 aliphatic carbocycles. The number of ether oxygens (including phenoxy) is 4. The van der Waals surface area contributed by atoms with Gasteiger partial charge in [-0.15, -0.1) is 0 Å². The van der Waals surface area contributed by atoms with Gasteiger partial charge in [0.1, 0.15) is 6.10 Å². The Bertz CT molecular complexity index is 411. The predicted molar refractivity (Wildman–Crippen MR) is 88.1 cm³/mol. The molecule has 0 aromatic carbocycles. The van der Waals surface area contributed by atoms with Crippen molar-refractivity contribution in [3.8, 4) is 0 Å². The van der Waals surface area contributed by atoms with Gasteiger partial charge in [-0.2, -0.15) is 0 Å². The van der Waals surface area contributed by atoms with Crippen molar-refractivity contribution in [1.82, 2.24) is 0 Å². The third-order valence-electron chi connectivity index (χ3n) is 3.64. The minimum atomic E-state index is -0.790. The monoisotopic (exact) mass is 394 g/mol. The quantitative estimate of drug-likeness (QED) is 0.509. The van der Waals surface area contributed by atoms with E-state index in [1.165, 1.54) is 13.8 Å². The average molecular weight is 395 g/mol. The molecule has 0 radical (unpaired) electrons. The summed E-state index contributed by atoms with van der Waals surface area (Å²) in [7, 11) is 0. The molecule has 7 heteroatoms. The molecule has 1 rings (SSSR count). The van der Waals surface area contributed by atoms with Crippen LogP contribution < -0.4 is 0 Å². The molecule has 6 nitrogen and oxygen atoms in total. The SMILES string of the molecule is CC(=O)OC1C(OC(C)C)OC(CBr)C(C(C)C)C1OC(C)=O. The summed E-state index contributed by atoms with van der Waals surface area (Å²) in [5.74, 6) is -0.834. The van der Waals surface area contributed by atoms with Crippen LogP contribution in [0.4, 0.5) is 0 Å². The third kappa shape index (κ3) is 5.72. The molecule has 1 heterocycles. The molecule has 0 amide bonds. The maximum Gasteiger partial charge on any atom is 0.303 e. The van der Waals surface area contributed by atoms with Crippen LogP contribution in [0.2, 0.25) is 0 Å². The molecule has 0 spiro atoms. The van der Waals surface area contributed by atoms with Crippen molar-refractivity contribution < 1.29 is 28.5 Å². The van der Waals surface area contributed by atoms with E-state index < -0.39 is 30.4 Å². The number of esters is 2. The Kier molecular flexibility index (Phi) is 7.97. The van der Waals surface area contributed by atoms with Crippen molar-refractivity contribution in [2.45, 2.75) is 72.2 Å². The van der Waals surface area contributed by atoms with Gasteiger partial charge in [0.25, 0.3) is 0 Å². The van der Waals surface area contributed by atoms with Crippen LogP contribution in [0.1, 0.15) is 41.5 Å². The van der Waals surface area contributed by atoms with Crippen molar-refractivity contribution in [1.29, 1.82) is 0 Å². The number of rotatable bonds is 6. The van der Waals surface area contributed by atoms with Gasteiger partial charge in [0.05, 0.1) is 12.2 Å². The lowest BCUT2D eigenvalue weighted by molar-refractivity contribution is -0.299. The Hall–Kier alpha value is -0.660. The first-order valence-electron chi connectivity index (χ1n) is 7.88. The second-order valence-electron chi connectivity index (χ2n) is 6.35. The average Bonchev–Trinajstić information content (AvgIpc) is 2.39. The number of hydrogen-bond acceptors (Lipinski definition) is 6. The summed E-state index contributed by atoms with van der Waals surface area (Å²) in [4.78, 5) is 23.1. The molecule has 134 valence electrons. The van der Waals surface area contributed by atoms with Crippen LogP contribution in [0.15, 0.2) is 0 Å². The van der Waals surface area contributed by atoms with Gasteiger partial charge in [-0.05, 0) is 19.8 Å². The van der Waals surface area contributed by atoms with E-state index >= 15 is 0 Å². The zero-order chi connectivity index (χ0) is 17.7. The number of alkyl halides is 1. The van der Waals surface area contributed by atoms with E-state index in [4.69, 9.17) is 18.9 Å². The van der Waals surface area contributed by atoms with E-state index in [9.17, 15) is 9.59 Å². The third-order valence-corrected chi connectivity index (χ3v) is 4.28. The molecule has 1 saturated heterocycles. The fraction of sp³-hybridized carbons (Fsp3) is 0.875. The Balaban J connectivity index is 3.19. The number of carbonyl (C=O) groups is 2. The summed E-state index contributed by atoms with van der Waals surface area (Å²) >= 11 is 3.45. The summed E-state index contributed by atoms with van der Waals surface area (Å²) in [5, 5.41) is 0.568. The molecular weight excluding hydrogens is 368 g/mol. The number of halogens is 1. The van der Waals surface area contributed by atoms with Crippen LogP contribution >= 0.6 is 15.9 Å². The summed E-state index contributed by atoms with van der Waals surface area (Å²) in [6.07, 6.45) is -2.52. The van der Waals surface area contributed by atoms with E-state index in [1.807, 2.05) is 27.7 Å². The van der Waals surface area contributed by atoms with Crippen molar-refractivity contribution in [3.05, 3.63) is 0 Å². The van der Waals surface area contributed by atoms with E-state index in [2.05, 4.69) is 15.9 Å². The minimum Gasteiger partial charge on any atom is -0.458 e. The van der Waals surface area contributed by atoms with Crippen molar-refractivity contribution in [2.75, 3.05) is 5.33 Å². The first-order valence-corrected chi connectivity index (χ1v) is 9.00. The van der Waals surface area contributed by atoms with Gasteiger partial charge in [0.15, 0.2) is 12.4 Å². The maximum atomic E-state index is 11.6. The summed E-state index contributed by atoms with van der Waals surface area (Å²) < 4.78 is 22.7. The highest BCUT2D eigenvalue weighted by atomic mass is 79.9. The second-order valence-corrected chi connectivity index (χ2v) is 7.00. The van der Waals surface area contributed by atoms with Gasteiger partial charge in [-0.3, -0.25) is 9.59 Å². The van der Waals surface area contributed by atoms with Gasteiger partial charge in [-0.25, -0.2) is 0 Å². The minimum absolute atomic E-state index is 0.116. The van der Waals surface area contributed by atoms with E-state index in [1.54, 1.807) is 0 Å². The zero-order valence-electron chi connectivity index (χ0n) is 14.6. The largest absolute Gasteiger partial charge is 0.458 e. The molecule has 23 heavy (non-hydrogen) atoms. The van der Waals surface area contributed by atoms with Crippen LogP contribution in [-0.4, -0.2) is 48.0 Å². The summed E-state index contributed by atoms with van der Waals surface area (Å²) in [5.41, 5.74) is 0. The molecule has 0 aromatic heterocycles. The zero-order valence-corrected chi connectivity index (χ0v) is 16.2. The lowest BCUT2D eigenvalue weighted by Crippen LogP contribution is -2.60. The lowest BCUT2D eigenvalue weighted by atomic mass is 9.81. The normalized spacial score (nSPS) is 31.3. The van der Waals surface area contributed by atoms with Gasteiger partial charge >= 0.3 is 11.9 Å². The van der Waals surface area contributed by atoms with Crippen molar-refractivity contribution >= 4 is 27.9 Å². The molecule has 5 unspecified atom stereocenters. The van der Waals surface area contributed by atoms with Crippen LogP contribution in [-0.2, 0) is 28.5 Å². The number of hydrogen-bond donors (Lipinski definition) is 0. The molecule has 1 aliphatic heterocycles. The second kappa shape index (κ2) is 8.99. The van der Waals surface area contributed by atoms with E-state index in [0.717, 1.165) is 0 Å². The van der Waals surface area contributed by atoms with Gasteiger partial charge in [-0.1, -0.05) is 29.8 Å². The highest BCUT2D eigenvalue weighted by Crippen LogP contribution is 2.36. The molecule has 0 N–H and O–H groups in total. The smallest absolute Gasteiger partial charge is 0.303 e. The Morgan fingerprint density at radius 1 is 1.04 bits per heavy atom. The Labute approximate surface area is 146 Å². The van der Waals surface area contributed by atoms with Gasteiger partial charge < -0.3 is 18.9 Å². The van der Waals surface area contributed by atoms with Crippen LogP contribution in [0.5, 0.6) is 0 Å². The molecule has 0 bridgehead atoms. The van der Waals surface area contributed by atoms with E-state index in [0.29, 0.717) is 5.33 Å². The van der Waals surface area contributed by atoms with Gasteiger partial charge in [0.2, 0.25) is 0 Å². The lowest BCUT2D eigenvalue weighted by Gasteiger charge is -2.46. The highest BCUT2D eigenvalue weighted by Gasteiger charge is 2.51. The van der Waals surface area contributed by atoms with Crippen LogP contribution in [0.25, 0.3) is 0 Å². The number of carbonyl (C=O) groups excluding carboxylic acids is 2. The van der Waals surface area contributed by atoms with Gasteiger partial charge in [0, 0.05) is 25.1 Å². The highest BCUT2D eigenvalue weighted by molar-refractivity contribution is 9.09. The Morgan fingerprint density at radius 3 is 1.96 bits per heavy atom. The van der Waals surface area contributed by atoms with E-state index in [-0.39, 0.29) is 24.0 Å². The summed E-state index contributed by atoms with van der Waals surface area (Å²) in [6.45, 7) is 10.4. The van der Waals surface area contributed by atoms with Crippen LogP contribution in [0, 0.1) is 11.8 Å². The van der Waals surface area contributed by atoms with Crippen LogP contribution in [0.3, 0.4) is 0 Å². The molecule has 0 saturated carbocycles. The molecular formula is C16H27BrO6. The maximum absolute atomic E-state index is 11.6. The van der Waals surface area contributed by atoms with Crippen molar-refractivity contribution in [3.63, 3.8) is 0 Å². The first-order chi connectivity index (χ1) is 10.7. The standard InChI is InChI=1S/C16H27BrO6/c1-8(2)13-12(7-17)23-16(20-9(3)4)15(22-11(6)19)14(13)21-10(5)18/h8-9,12-16H,7H2,1-6H3.